The van der Waals surface area contributed by atoms with E-state index in [0.29, 0.717) is 42.6 Å². The van der Waals surface area contributed by atoms with Crippen LogP contribution in [0.1, 0.15) is 38.1 Å². The maximum Gasteiger partial charge on any atom is 0.157 e. The molecule has 3 N–H and O–H groups in total. The molecule has 0 fully saturated rings. The Morgan fingerprint density at radius 3 is 2.36 bits per heavy atom. The number of rotatable bonds is 4. The quantitative estimate of drug-likeness (QED) is 0.661. The molecule has 0 aliphatic rings. The normalized spacial score (nSPS) is 10.9. The molecule has 0 aliphatic heterocycles. The van der Waals surface area contributed by atoms with Gasteiger partial charge in [-0.25, -0.2) is 4.98 Å². The first-order valence-corrected chi connectivity index (χ1v) is 10.3. The molecule has 28 heavy (non-hydrogen) atoms. The molecule has 5 nitrogen and oxygen atoms in total. The van der Waals surface area contributed by atoms with Gasteiger partial charge in [0, 0.05) is 11.1 Å². The van der Waals surface area contributed by atoms with Gasteiger partial charge in [-0.1, -0.05) is 47.5 Å². The predicted molar refractivity (Wildman–Crippen MR) is 113 cm³/mol. The molecule has 2 aromatic carbocycles. The average Bonchev–Trinajstić information content (AvgIpc) is 3.03. The fraction of sp³-hybridized carbons (Fsp3) is 0.300. The first-order chi connectivity index (χ1) is 13.1. The number of thiazole rings is 1. The summed E-state index contributed by atoms with van der Waals surface area (Å²) in [6, 6.07) is 8.71. The van der Waals surface area contributed by atoms with Crippen molar-refractivity contribution in [1.82, 2.24) is 4.98 Å². The molecular weight excluding hydrogens is 419 g/mol. The van der Waals surface area contributed by atoms with E-state index in [1.165, 1.54) is 17.4 Å². The van der Waals surface area contributed by atoms with Crippen LogP contribution in [0.5, 0.6) is 5.75 Å². The van der Waals surface area contributed by atoms with Crippen LogP contribution in [0.2, 0.25) is 10.0 Å². The van der Waals surface area contributed by atoms with Gasteiger partial charge < -0.3 is 20.4 Å². The average molecular weight is 441 g/mol. The van der Waals surface area contributed by atoms with E-state index in [0.717, 1.165) is 0 Å². The molecule has 150 valence electrons. The Labute approximate surface area is 178 Å². The number of hydrogen-bond donors (Lipinski definition) is 1. The number of aromatic carboxylic acids is 1. The van der Waals surface area contributed by atoms with Crippen LogP contribution in [-0.4, -0.2) is 23.1 Å². The molecule has 0 amide bonds. The molecule has 3 aromatic rings. The van der Waals surface area contributed by atoms with E-state index in [9.17, 15) is 9.90 Å². The summed E-state index contributed by atoms with van der Waals surface area (Å²) in [6.07, 6.45) is -0.0760. The van der Waals surface area contributed by atoms with Crippen molar-refractivity contribution in [3.63, 3.8) is 0 Å². The lowest BCUT2D eigenvalue weighted by atomic mass is 10.1. The molecule has 1 aromatic heterocycles. The highest BCUT2D eigenvalue weighted by Crippen LogP contribution is 2.44. The molecular formula is C20H22Cl2N2O3S. The highest BCUT2D eigenvalue weighted by molar-refractivity contribution is 7.22. The van der Waals surface area contributed by atoms with Crippen LogP contribution in [-0.2, 0) is 0 Å². The lowest BCUT2D eigenvalue weighted by Gasteiger charge is -2.12. The number of halogens is 2. The topological polar surface area (TPSA) is 89.9 Å². The van der Waals surface area contributed by atoms with Crippen LogP contribution in [0.25, 0.3) is 20.8 Å². The van der Waals surface area contributed by atoms with Crippen molar-refractivity contribution < 1.29 is 20.4 Å². The molecule has 0 radical (unpaired) electrons. The van der Waals surface area contributed by atoms with Crippen molar-refractivity contribution in [2.45, 2.75) is 39.8 Å². The SMILES string of the molecule is CC(C)Oc1c(Cl)cc(Cl)c2nc(-c3ccccc3C(=O)[O-])sc12.CC(C)[NH3+]. The van der Waals surface area contributed by atoms with Crippen molar-refractivity contribution in [3.05, 3.63) is 45.9 Å². The summed E-state index contributed by atoms with van der Waals surface area (Å²) in [5.74, 6) is -0.756. The maximum atomic E-state index is 11.3. The standard InChI is InChI=1S/C17H13Cl2NO3S.C3H9N/c1-8(2)23-14-12(19)7-11(18)13-15(14)24-16(20-13)9-5-3-4-6-10(9)17(21)22;1-3(2)4/h3-8H,1-2H3,(H,21,22);3H,4H2,1-2H3. The number of carboxylic acid groups (broad SMARTS) is 1. The number of carboxylic acids is 1. The molecule has 8 heteroatoms. The van der Waals surface area contributed by atoms with Gasteiger partial charge in [0.25, 0.3) is 0 Å². The van der Waals surface area contributed by atoms with Crippen molar-refractivity contribution in [2.24, 2.45) is 0 Å². The Balaban J connectivity index is 0.000000640. The third-order valence-electron chi connectivity index (χ3n) is 3.26. The predicted octanol–water partition coefficient (Wildman–Crippen LogP) is 4.06. The van der Waals surface area contributed by atoms with Gasteiger partial charge in [0.05, 0.1) is 28.2 Å². The number of aromatic nitrogens is 1. The second-order valence-corrected chi connectivity index (χ2v) is 8.57. The van der Waals surface area contributed by atoms with Gasteiger partial charge in [0.1, 0.15) is 15.2 Å². The smallest absolute Gasteiger partial charge is 0.157 e. The lowest BCUT2D eigenvalue weighted by molar-refractivity contribution is -0.407. The zero-order valence-electron chi connectivity index (χ0n) is 16.1. The van der Waals surface area contributed by atoms with Crippen molar-refractivity contribution >= 4 is 50.7 Å². The largest absolute Gasteiger partial charge is 0.545 e. The first kappa shape index (κ1) is 22.4. The fourth-order valence-corrected chi connectivity index (χ4v) is 4.08. The van der Waals surface area contributed by atoms with Gasteiger partial charge in [0.2, 0.25) is 0 Å². The Kier molecular flexibility index (Phi) is 7.66. The number of carbonyl (C=O) groups is 1. The van der Waals surface area contributed by atoms with Crippen LogP contribution in [0.15, 0.2) is 30.3 Å². The number of ether oxygens (including phenoxy) is 1. The van der Waals surface area contributed by atoms with Gasteiger partial charge in [0.15, 0.2) is 5.75 Å². The van der Waals surface area contributed by atoms with E-state index >= 15 is 0 Å². The van der Waals surface area contributed by atoms with Gasteiger partial charge >= 0.3 is 0 Å². The molecule has 0 aliphatic carbocycles. The summed E-state index contributed by atoms with van der Waals surface area (Å²) in [6.45, 7) is 7.90. The third-order valence-corrected chi connectivity index (χ3v) is 4.92. The van der Waals surface area contributed by atoms with Crippen LogP contribution in [0.4, 0.5) is 0 Å². The molecule has 0 bridgehead atoms. The van der Waals surface area contributed by atoms with Crippen molar-refractivity contribution in [1.29, 1.82) is 0 Å². The minimum absolute atomic E-state index is 0.0742. The summed E-state index contributed by atoms with van der Waals surface area (Å²) in [5, 5.41) is 12.6. The van der Waals surface area contributed by atoms with E-state index in [1.54, 1.807) is 24.3 Å². The number of fused-ring (bicyclic) bond motifs is 1. The molecule has 0 saturated carbocycles. The summed E-state index contributed by atoms with van der Waals surface area (Å²) in [4.78, 5) is 15.8. The van der Waals surface area contributed by atoms with Crippen molar-refractivity contribution in [2.75, 3.05) is 0 Å². The van der Waals surface area contributed by atoms with Crippen LogP contribution < -0.4 is 15.6 Å². The molecule has 0 saturated heterocycles. The Morgan fingerprint density at radius 2 is 1.79 bits per heavy atom. The Bertz CT molecular complexity index is 984. The molecule has 1 heterocycles. The highest BCUT2D eigenvalue weighted by Gasteiger charge is 2.19. The Morgan fingerprint density at radius 1 is 1.18 bits per heavy atom. The van der Waals surface area contributed by atoms with Gasteiger partial charge in [-0.2, -0.15) is 0 Å². The number of carbonyl (C=O) groups excluding carboxylic acids is 1. The van der Waals surface area contributed by atoms with Crippen LogP contribution >= 0.6 is 34.5 Å². The number of hydrogen-bond acceptors (Lipinski definition) is 5. The Hall–Kier alpha value is -1.86. The number of nitrogens with zero attached hydrogens (tertiary/aromatic N) is 1. The van der Waals surface area contributed by atoms with Crippen LogP contribution in [0, 0.1) is 0 Å². The van der Waals surface area contributed by atoms with Gasteiger partial charge in [-0.3, -0.25) is 0 Å². The summed E-state index contributed by atoms with van der Waals surface area (Å²) < 4.78 is 6.48. The maximum absolute atomic E-state index is 11.3. The van der Waals surface area contributed by atoms with E-state index in [4.69, 9.17) is 27.9 Å². The number of quaternary nitrogens is 1. The fourth-order valence-electron chi connectivity index (χ4n) is 2.30. The van der Waals surface area contributed by atoms with E-state index in [-0.39, 0.29) is 11.7 Å². The minimum Gasteiger partial charge on any atom is -0.545 e. The minimum atomic E-state index is -1.26. The van der Waals surface area contributed by atoms with Gasteiger partial charge in [-0.15, -0.1) is 11.3 Å². The lowest BCUT2D eigenvalue weighted by Crippen LogP contribution is -2.57. The number of benzene rings is 2. The van der Waals surface area contributed by atoms with Gasteiger partial charge in [-0.05, 0) is 33.8 Å². The highest BCUT2D eigenvalue weighted by atomic mass is 35.5. The second kappa shape index (κ2) is 9.56. The molecule has 3 rings (SSSR count). The zero-order chi connectivity index (χ0) is 21.0. The van der Waals surface area contributed by atoms with E-state index in [1.807, 2.05) is 13.8 Å². The van der Waals surface area contributed by atoms with Crippen molar-refractivity contribution in [3.8, 4) is 16.3 Å². The first-order valence-electron chi connectivity index (χ1n) is 8.70. The third kappa shape index (κ3) is 5.35. The summed E-state index contributed by atoms with van der Waals surface area (Å²) in [7, 11) is 0. The zero-order valence-corrected chi connectivity index (χ0v) is 18.4. The summed E-state index contributed by atoms with van der Waals surface area (Å²) >= 11 is 13.8. The molecule has 0 unspecified atom stereocenters. The summed E-state index contributed by atoms with van der Waals surface area (Å²) in [5.41, 5.74) is 4.72. The second-order valence-electron chi connectivity index (χ2n) is 6.76. The monoisotopic (exact) mass is 440 g/mol. The van der Waals surface area contributed by atoms with E-state index in [2.05, 4.69) is 24.6 Å². The van der Waals surface area contributed by atoms with E-state index < -0.39 is 5.97 Å². The van der Waals surface area contributed by atoms with Crippen LogP contribution in [0.3, 0.4) is 0 Å². The molecule has 0 spiro atoms. The molecule has 0 atom stereocenters.